The highest BCUT2D eigenvalue weighted by atomic mass is 35.5. The number of benzene rings is 1. The molecule has 0 fully saturated rings. The molecule has 0 bridgehead atoms. The van der Waals surface area contributed by atoms with Gasteiger partial charge in [-0.3, -0.25) is 0 Å². The second-order valence-corrected chi connectivity index (χ2v) is 5.43. The molecule has 1 aromatic heterocycles. The largest absolute Gasteiger partial charge is 0.497 e. The van der Waals surface area contributed by atoms with E-state index in [-0.39, 0.29) is 5.92 Å². The first kappa shape index (κ1) is 15.6. The van der Waals surface area contributed by atoms with Crippen LogP contribution < -0.4 is 9.47 Å². The molecule has 0 aliphatic heterocycles. The Morgan fingerprint density at radius 1 is 1.10 bits per heavy atom. The van der Waals surface area contributed by atoms with Crippen LogP contribution in [0, 0.1) is 6.92 Å². The third-order valence-electron chi connectivity index (χ3n) is 3.28. The molecule has 0 atom stereocenters. The van der Waals surface area contributed by atoms with Crippen LogP contribution in [0.25, 0.3) is 11.3 Å². The summed E-state index contributed by atoms with van der Waals surface area (Å²) >= 11 is 6.25. The Bertz CT molecular complexity index is 657. The van der Waals surface area contributed by atoms with Crippen molar-refractivity contribution in [3.63, 3.8) is 0 Å². The molecule has 0 radical (unpaired) electrons. The summed E-state index contributed by atoms with van der Waals surface area (Å²) in [6.07, 6.45) is 0. The van der Waals surface area contributed by atoms with E-state index < -0.39 is 0 Å². The van der Waals surface area contributed by atoms with E-state index >= 15 is 0 Å². The maximum Gasteiger partial charge on any atom is 0.136 e. The number of methoxy groups -OCH3 is 2. The third-order valence-corrected chi connectivity index (χ3v) is 3.65. The molecule has 2 rings (SSSR count). The maximum atomic E-state index is 6.25. The topological polar surface area (TPSA) is 44.2 Å². The second-order valence-electron chi connectivity index (χ2n) is 5.07. The third kappa shape index (κ3) is 3.10. The summed E-state index contributed by atoms with van der Waals surface area (Å²) in [6, 6.07) is 5.63. The van der Waals surface area contributed by atoms with Crippen LogP contribution in [-0.4, -0.2) is 24.2 Å². The summed E-state index contributed by atoms with van der Waals surface area (Å²) < 4.78 is 10.7. The molecule has 21 heavy (non-hydrogen) atoms. The van der Waals surface area contributed by atoms with E-state index in [1.807, 2.05) is 39.0 Å². The fourth-order valence-electron chi connectivity index (χ4n) is 2.02. The Morgan fingerprint density at radius 2 is 1.81 bits per heavy atom. The molecule has 0 aliphatic carbocycles. The molecule has 0 spiro atoms. The van der Waals surface area contributed by atoms with Gasteiger partial charge in [-0.05, 0) is 19.1 Å². The van der Waals surface area contributed by atoms with Crippen molar-refractivity contribution < 1.29 is 9.47 Å². The lowest BCUT2D eigenvalue weighted by Crippen LogP contribution is -2.03. The van der Waals surface area contributed by atoms with Gasteiger partial charge in [0.1, 0.15) is 22.5 Å². The normalized spacial score (nSPS) is 10.8. The molecule has 1 heterocycles. The standard InChI is InChI=1S/C16H19ClN2O2/c1-9(2)16-18-14(10(3)15(17)19-16)12-7-6-11(20-4)8-13(12)21-5/h6-9H,1-5H3. The van der Waals surface area contributed by atoms with E-state index in [4.69, 9.17) is 21.1 Å². The van der Waals surface area contributed by atoms with Crippen molar-refractivity contribution in [3.8, 4) is 22.8 Å². The Labute approximate surface area is 130 Å². The minimum Gasteiger partial charge on any atom is -0.497 e. The Hall–Kier alpha value is -1.81. The Kier molecular flexibility index (Phi) is 4.68. The zero-order valence-electron chi connectivity index (χ0n) is 12.9. The number of hydrogen-bond donors (Lipinski definition) is 0. The summed E-state index contributed by atoms with van der Waals surface area (Å²) in [5.74, 6) is 2.35. The number of ether oxygens (including phenoxy) is 2. The average Bonchev–Trinajstić information content (AvgIpc) is 2.49. The van der Waals surface area contributed by atoms with Gasteiger partial charge in [-0.2, -0.15) is 0 Å². The molecule has 4 nitrogen and oxygen atoms in total. The smallest absolute Gasteiger partial charge is 0.136 e. The highest BCUT2D eigenvalue weighted by Gasteiger charge is 2.17. The van der Waals surface area contributed by atoms with Gasteiger partial charge in [-0.15, -0.1) is 0 Å². The summed E-state index contributed by atoms with van der Waals surface area (Å²) in [5, 5.41) is 0.474. The minimum absolute atomic E-state index is 0.200. The van der Waals surface area contributed by atoms with Crippen LogP contribution in [-0.2, 0) is 0 Å². The first-order chi connectivity index (χ1) is 9.97. The van der Waals surface area contributed by atoms with Gasteiger partial charge in [0.2, 0.25) is 0 Å². The maximum absolute atomic E-state index is 6.25. The number of hydrogen-bond acceptors (Lipinski definition) is 4. The lowest BCUT2D eigenvalue weighted by molar-refractivity contribution is 0.395. The first-order valence-electron chi connectivity index (χ1n) is 6.74. The molecule has 1 aromatic carbocycles. The van der Waals surface area contributed by atoms with Crippen molar-refractivity contribution in [2.24, 2.45) is 0 Å². The molecule has 5 heteroatoms. The molecule has 0 aliphatic rings. The Balaban J connectivity index is 2.66. The van der Waals surface area contributed by atoms with E-state index in [0.717, 1.165) is 28.4 Å². The minimum atomic E-state index is 0.200. The molecule has 112 valence electrons. The average molecular weight is 307 g/mol. The highest BCUT2D eigenvalue weighted by Crippen LogP contribution is 2.36. The van der Waals surface area contributed by atoms with E-state index in [1.165, 1.54) is 0 Å². The number of halogens is 1. The van der Waals surface area contributed by atoms with Gasteiger partial charge in [-0.1, -0.05) is 25.4 Å². The van der Waals surface area contributed by atoms with Crippen molar-refractivity contribution >= 4 is 11.6 Å². The number of aromatic nitrogens is 2. The zero-order chi connectivity index (χ0) is 15.6. The zero-order valence-corrected chi connectivity index (χ0v) is 13.7. The van der Waals surface area contributed by atoms with Crippen LogP contribution in [0.15, 0.2) is 18.2 Å². The van der Waals surface area contributed by atoms with E-state index in [2.05, 4.69) is 9.97 Å². The van der Waals surface area contributed by atoms with Crippen LogP contribution in [0.2, 0.25) is 5.15 Å². The summed E-state index contributed by atoms with van der Waals surface area (Å²) in [5.41, 5.74) is 2.50. The van der Waals surface area contributed by atoms with Gasteiger partial charge in [0.05, 0.1) is 19.9 Å². The molecule has 0 amide bonds. The predicted octanol–water partition coefficient (Wildman–Crippen LogP) is 4.25. The predicted molar refractivity (Wildman–Crippen MR) is 84.4 cm³/mol. The van der Waals surface area contributed by atoms with E-state index in [9.17, 15) is 0 Å². The first-order valence-corrected chi connectivity index (χ1v) is 7.12. The SMILES string of the molecule is COc1ccc(-c2nc(C(C)C)nc(Cl)c2C)c(OC)c1. The van der Waals surface area contributed by atoms with Gasteiger partial charge in [0, 0.05) is 23.1 Å². The molecule has 0 N–H and O–H groups in total. The van der Waals surface area contributed by atoms with Crippen LogP contribution in [0.3, 0.4) is 0 Å². The fourth-order valence-corrected chi connectivity index (χ4v) is 2.20. The van der Waals surface area contributed by atoms with Crippen LogP contribution in [0.1, 0.15) is 31.2 Å². The van der Waals surface area contributed by atoms with Gasteiger partial charge < -0.3 is 9.47 Å². The molecule has 0 unspecified atom stereocenters. The van der Waals surface area contributed by atoms with Crippen LogP contribution >= 0.6 is 11.6 Å². The quantitative estimate of drug-likeness (QED) is 0.792. The van der Waals surface area contributed by atoms with Crippen molar-refractivity contribution in [2.75, 3.05) is 14.2 Å². The van der Waals surface area contributed by atoms with Crippen molar-refractivity contribution in [2.45, 2.75) is 26.7 Å². The molecular weight excluding hydrogens is 288 g/mol. The lowest BCUT2D eigenvalue weighted by atomic mass is 10.1. The van der Waals surface area contributed by atoms with E-state index in [0.29, 0.717) is 10.9 Å². The van der Waals surface area contributed by atoms with E-state index in [1.54, 1.807) is 14.2 Å². The highest BCUT2D eigenvalue weighted by molar-refractivity contribution is 6.30. The second kappa shape index (κ2) is 6.31. The summed E-state index contributed by atoms with van der Waals surface area (Å²) in [7, 11) is 3.25. The number of rotatable bonds is 4. The summed E-state index contributed by atoms with van der Waals surface area (Å²) in [6.45, 7) is 5.98. The monoisotopic (exact) mass is 306 g/mol. The lowest BCUT2D eigenvalue weighted by Gasteiger charge is -2.14. The fraction of sp³-hybridized carbons (Fsp3) is 0.375. The summed E-state index contributed by atoms with van der Waals surface area (Å²) in [4.78, 5) is 8.99. The van der Waals surface area contributed by atoms with Gasteiger partial charge >= 0.3 is 0 Å². The van der Waals surface area contributed by atoms with Crippen LogP contribution in [0.4, 0.5) is 0 Å². The Morgan fingerprint density at radius 3 is 2.38 bits per heavy atom. The van der Waals surface area contributed by atoms with Crippen LogP contribution in [0.5, 0.6) is 11.5 Å². The molecule has 0 saturated carbocycles. The molecule has 0 saturated heterocycles. The molecule has 2 aromatic rings. The van der Waals surface area contributed by atoms with Gasteiger partial charge in [0.25, 0.3) is 0 Å². The van der Waals surface area contributed by atoms with Crippen molar-refractivity contribution in [1.82, 2.24) is 9.97 Å². The van der Waals surface area contributed by atoms with Crippen molar-refractivity contribution in [3.05, 3.63) is 34.7 Å². The van der Waals surface area contributed by atoms with Gasteiger partial charge in [0.15, 0.2) is 0 Å². The number of nitrogens with zero attached hydrogens (tertiary/aromatic N) is 2. The van der Waals surface area contributed by atoms with Crippen molar-refractivity contribution in [1.29, 1.82) is 0 Å². The van der Waals surface area contributed by atoms with Gasteiger partial charge in [-0.25, -0.2) is 9.97 Å². The molecular formula is C16H19ClN2O2.